The minimum Gasteiger partial charge on any atom is -0.491 e. The molecule has 2 aromatic carbocycles. The number of halogens is 2. The molecule has 8 heteroatoms. The molecule has 0 radical (unpaired) electrons. The maximum atomic E-state index is 11.9. The van der Waals surface area contributed by atoms with Gasteiger partial charge in [0.2, 0.25) is 5.91 Å². The van der Waals surface area contributed by atoms with Gasteiger partial charge in [-0.15, -0.1) is 24.0 Å². The van der Waals surface area contributed by atoms with Crippen molar-refractivity contribution in [2.75, 3.05) is 17.2 Å². The van der Waals surface area contributed by atoms with Gasteiger partial charge in [-0.05, 0) is 68.8 Å². The SMILES string of the molecule is CC(C)Oc1ccc(NC(N)=NCCCC(=O)Nc2ccc(Cl)cc2)cc1.I. The van der Waals surface area contributed by atoms with Crippen LogP contribution in [0.5, 0.6) is 5.75 Å². The van der Waals surface area contributed by atoms with Crippen molar-refractivity contribution in [2.24, 2.45) is 10.7 Å². The summed E-state index contributed by atoms with van der Waals surface area (Å²) in [6.07, 6.45) is 1.09. The first-order valence-electron chi connectivity index (χ1n) is 8.81. The first-order chi connectivity index (χ1) is 12.9. The minimum atomic E-state index is -0.0696. The van der Waals surface area contributed by atoms with E-state index in [0.717, 1.165) is 17.1 Å². The van der Waals surface area contributed by atoms with Gasteiger partial charge in [-0.1, -0.05) is 11.6 Å². The Hall–Kier alpha value is -2.00. The standard InChI is InChI=1S/C20H25ClN4O2.HI/c1-14(2)27-18-11-9-17(10-12-18)25-20(22)23-13-3-4-19(26)24-16-7-5-15(21)6-8-16;/h5-12,14H,3-4,13H2,1-2H3,(H,24,26)(H3,22,23,25);1H. The van der Waals surface area contributed by atoms with Crippen molar-refractivity contribution in [3.63, 3.8) is 0 Å². The number of benzene rings is 2. The molecule has 0 aliphatic rings. The average Bonchev–Trinajstić information content (AvgIpc) is 2.62. The Morgan fingerprint density at radius 1 is 1.07 bits per heavy atom. The van der Waals surface area contributed by atoms with Gasteiger partial charge in [-0.2, -0.15) is 0 Å². The van der Waals surface area contributed by atoms with Gasteiger partial charge in [-0.3, -0.25) is 9.79 Å². The van der Waals surface area contributed by atoms with Gasteiger partial charge in [0.05, 0.1) is 6.10 Å². The van der Waals surface area contributed by atoms with Crippen molar-refractivity contribution in [3.8, 4) is 5.75 Å². The molecular formula is C20H26ClIN4O2. The monoisotopic (exact) mass is 516 g/mol. The zero-order valence-electron chi connectivity index (χ0n) is 15.9. The summed E-state index contributed by atoms with van der Waals surface area (Å²) in [5.41, 5.74) is 7.42. The highest BCUT2D eigenvalue weighted by Gasteiger charge is 2.03. The molecule has 0 heterocycles. The second-order valence-corrected chi connectivity index (χ2v) is 6.68. The topological polar surface area (TPSA) is 88.7 Å². The molecule has 0 saturated heterocycles. The summed E-state index contributed by atoms with van der Waals surface area (Å²) >= 11 is 5.81. The second-order valence-electron chi connectivity index (χ2n) is 6.24. The molecule has 0 aliphatic carbocycles. The Morgan fingerprint density at radius 2 is 1.64 bits per heavy atom. The van der Waals surface area contributed by atoms with Crippen LogP contribution in [0.2, 0.25) is 5.02 Å². The van der Waals surface area contributed by atoms with Crippen LogP contribution in [0.3, 0.4) is 0 Å². The van der Waals surface area contributed by atoms with E-state index in [9.17, 15) is 4.79 Å². The Morgan fingerprint density at radius 3 is 2.25 bits per heavy atom. The molecule has 0 spiro atoms. The number of amides is 1. The fraction of sp³-hybridized carbons (Fsp3) is 0.300. The van der Waals surface area contributed by atoms with E-state index in [1.54, 1.807) is 24.3 Å². The van der Waals surface area contributed by atoms with Crippen LogP contribution in [0.4, 0.5) is 11.4 Å². The minimum absolute atomic E-state index is 0. The second kappa shape index (κ2) is 12.5. The van der Waals surface area contributed by atoms with Gasteiger partial charge < -0.3 is 21.1 Å². The molecule has 2 rings (SSSR count). The molecular weight excluding hydrogens is 491 g/mol. The third kappa shape index (κ3) is 9.27. The number of hydrogen-bond acceptors (Lipinski definition) is 3. The van der Waals surface area contributed by atoms with Crippen LogP contribution in [-0.4, -0.2) is 24.5 Å². The van der Waals surface area contributed by atoms with Crippen molar-refractivity contribution >= 4 is 58.8 Å². The lowest BCUT2D eigenvalue weighted by atomic mass is 10.2. The number of guanidine groups is 1. The number of anilines is 2. The van der Waals surface area contributed by atoms with E-state index in [1.165, 1.54) is 0 Å². The molecule has 0 unspecified atom stereocenters. The summed E-state index contributed by atoms with van der Waals surface area (Å²) in [6, 6.07) is 14.5. The molecule has 28 heavy (non-hydrogen) atoms. The molecule has 1 amide bonds. The molecule has 152 valence electrons. The van der Waals surface area contributed by atoms with Crippen molar-refractivity contribution < 1.29 is 9.53 Å². The molecule has 0 bridgehead atoms. The van der Waals surface area contributed by atoms with E-state index in [1.807, 2.05) is 38.1 Å². The van der Waals surface area contributed by atoms with Crippen LogP contribution in [0, 0.1) is 0 Å². The zero-order chi connectivity index (χ0) is 19.6. The van der Waals surface area contributed by atoms with Crippen LogP contribution in [0.1, 0.15) is 26.7 Å². The predicted octanol–water partition coefficient (Wildman–Crippen LogP) is 4.89. The van der Waals surface area contributed by atoms with Crippen LogP contribution in [-0.2, 0) is 4.79 Å². The number of nitrogens with two attached hydrogens (primary N) is 1. The third-order valence-corrected chi connectivity index (χ3v) is 3.72. The molecule has 0 atom stereocenters. The Labute approximate surface area is 187 Å². The first-order valence-corrected chi connectivity index (χ1v) is 9.19. The molecule has 0 saturated carbocycles. The van der Waals surface area contributed by atoms with Crippen LogP contribution < -0.4 is 21.1 Å². The summed E-state index contributed by atoms with van der Waals surface area (Å²) in [6.45, 7) is 4.42. The van der Waals surface area contributed by atoms with Crippen LogP contribution in [0.15, 0.2) is 53.5 Å². The van der Waals surface area contributed by atoms with Crippen LogP contribution >= 0.6 is 35.6 Å². The third-order valence-electron chi connectivity index (χ3n) is 3.47. The fourth-order valence-corrected chi connectivity index (χ4v) is 2.40. The zero-order valence-corrected chi connectivity index (χ0v) is 19.0. The lowest BCUT2D eigenvalue weighted by Gasteiger charge is -2.11. The summed E-state index contributed by atoms with van der Waals surface area (Å²) in [7, 11) is 0. The van der Waals surface area contributed by atoms with Crippen molar-refractivity contribution in [1.82, 2.24) is 0 Å². The van der Waals surface area contributed by atoms with E-state index in [4.69, 9.17) is 22.1 Å². The lowest BCUT2D eigenvalue weighted by molar-refractivity contribution is -0.116. The van der Waals surface area contributed by atoms with Gasteiger partial charge in [0.1, 0.15) is 5.75 Å². The number of carbonyl (C=O) groups is 1. The van der Waals surface area contributed by atoms with Crippen molar-refractivity contribution in [3.05, 3.63) is 53.6 Å². The Kier molecular flexibility index (Phi) is 10.7. The van der Waals surface area contributed by atoms with Gasteiger partial charge in [0, 0.05) is 29.4 Å². The molecule has 0 fully saturated rings. The van der Waals surface area contributed by atoms with E-state index in [-0.39, 0.29) is 36.0 Å². The highest BCUT2D eigenvalue weighted by molar-refractivity contribution is 14.0. The summed E-state index contributed by atoms with van der Waals surface area (Å²) in [5.74, 6) is 1.04. The normalized spacial score (nSPS) is 10.9. The maximum Gasteiger partial charge on any atom is 0.224 e. The number of nitrogens with one attached hydrogen (secondary N) is 2. The summed E-state index contributed by atoms with van der Waals surface area (Å²) in [5, 5.41) is 6.46. The van der Waals surface area contributed by atoms with Crippen LogP contribution in [0.25, 0.3) is 0 Å². The number of ether oxygens (including phenoxy) is 1. The first kappa shape index (κ1) is 24.0. The summed E-state index contributed by atoms with van der Waals surface area (Å²) < 4.78 is 5.59. The molecule has 4 N–H and O–H groups in total. The van der Waals surface area contributed by atoms with E-state index in [2.05, 4.69) is 15.6 Å². The highest BCUT2D eigenvalue weighted by Crippen LogP contribution is 2.17. The van der Waals surface area contributed by atoms with Gasteiger partial charge >= 0.3 is 0 Å². The maximum absolute atomic E-state index is 11.9. The smallest absolute Gasteiger partial charge is 0.224 e. The molecule has 2 aromatic rings. The average molecular weight is 517 g/mol. The number of carbonyl (C=O) groups excluding carboxylic acids is 1. The highest BCUT2D eigenvalue weighted by atomic mass is 127. The number of rotatable bonds is 8. The molecule has 6 nitrogen and oxygen atoms in total. The molecule has 0 aliphatic heterocycles. The van der Waals surface area contributed by atoms with Gasteiger partial charge in [-0.25, -0.2) is 0 Å². The quantitative estimate of drug-likeness (QED) is 0.202. The molecule has 0 aromatic heterocycles. The number of nitrogens with zero attached hydrogens (tertiary/aromatic N) is 1. The Bertz CT molecular complexity index is 765. The van der Waals surface area contributed by atoms with Gasteiger partial charge in [0.15, 0.2) is 5.96 Å². The van der Waals surface area contributed by atoms with E-state index in [0.29, 0.717) is 30.4 Å². The fourth-order valence-electron chi connectivity index (χ4n) is 2.27. The lowest BCUT2D eigenvalue weighted by Crippen LogP contribution is -2.23. The number of hydrogen-bond donors (Lipinski definition) is 3. The predicted molar refractivity (Wildman–Crippen MR) is 127 cm³/mol. The van der Waals surface area contributed by atoms with Gasteiger partial charge in [0.25, 0.3) is 0 Å². The largest absolute Gasteiger partial charge is 0.491 e. The number of aliphatic imine (C=N–C) groups is 1. The van der Waals surface area contributed by atoms with Crippen molar-refractivity contribution in [1.29, 1.82) is 0 Å². The summed E-state index contributed by atoms with van der Waals surface area (Å²) in [4.78, 5) is 16.1. The van der Waals surface area contributed by atoms with E-state index < -0.39 is 0 Å². The Balaban J connectivity index is 0.00000392. The van der Waals surface area contributed by atoms with E-state index >= 15 is 0 Å². The van der Waals surface area contributed by atoms with Crippen molar-refractivity contribution in [2.45, 2.75) is 32.8 Å².